The maximum atomic E-state index is 12.4. The third-order valence-electron chi connectivity index (χ3n) is 3.33. The van der Waals surface area contributed by atoms with Gasteiger partial charge >= 0.3 is 0 Å². The number of nitrogens with zero attached hydrogens (tertiary/aromatic N) is 4. The highest BCUT2D eigenvalue weighted by Gasteiger charge is 2.13. The van der Waals surface area contributed by atoms with Crippen LogP contribution in [0.2, 0.25) is 0 Å². The van der Waals surface area contributed by atoms with Gasteiger partial charge in [0.1, 0.15) is 18.3 Å². The van der Waals surface area contributed by atoms with Crippen LogP contribution in [0.3, 0.4) is 0 Å². The summed E-state index contributed by atoms with van der Waals surface area (Å²) in [4.78, 5) is 39.0. The molecule has 0 aliphatic carbocycles. The Morgan fingerprint density at radius 2 is 1.96 bits per heavy atom. The second-order valence-corrected chi connectivity index (χ2v) is 5.05. The zero-order chi connectivity index (χ0) is 17.1. The summed E-state index contributed by atoms with van der Waals surface area (Å²) < 4.78 is 2.70. The molecule has 2 amide bonds. The Morgan fingerprint density at radius 1 is 1.21 bits per heavy atom. The Kier molecular flexibility index (Phi) is 4.06. The fourth-order valence-electron chi connectivity index (χ4n) is 2.22. The molecule has 2 heterocycles. The van der Waals surface area contributed by atoms with E-state index in [0.717, 1.165) is 10.3 Å². The number of aromatic nitrogens is 4. The van der Waals surface area contributed by atoms with Gasteiger partial charge in [0.2, 0.25) is 11.8 Å². The molecule has 0 saturated heterocycles. The predicted molar refractivity (Wildman–Crippen MR) is 85.3 cm³/mol. The lowest BCUT2D eigenvalue weighted by Crippen LogP contribution is -2.37. The van der Waals surface area contributed by atoms with Crippen molar-refractivity contribution in [1.82, 2.24) is 24.6 Å². The van der Waals surface area contributed by atoms with E-state index in [-0.39, 0.29) is 13.1 Å². The normalized spacial score (nSPS) is 10.7. The van der Waals surface area contributed by atoms with Crippen LogP contribution in [0.15, 0.2) is 47.7 Å². The van der Waals surface area contributed by atoms with Crippen LogP contribution < -0.4 is 16.6 Å². The van der Waals surface area contributed by atoms with Crippen LogP contribution in [0, 0.1) is 0 Å². The molecular formula is C15H14N6O3. The Hall–Kier alpha value is -3.49. The highest BCUT2D eigenvalue weighted by atomic mass is 16.2. The van der Waals surface area contributed by atoms with Crippen molar-refractivity contribution in [3.05, 3.63) is 53.2 Å². The minimum absolute atomic E-state index is 0.258. The molecule has 3 aromatic rings. The molecule has 0 aliphatic rings. The second kappa shape index (κ2) is 6.32. The lowest BCUT2D eigenvalue weighted by atomic mass is 10.3. The van der Waals surface area contributed by atoms with Crippen molar-refractivity contribution in [2.45, 2.75) is 6.54 Å². The van der Waals surface area contributed by atoms with Gasteiger partial charge in [-0.05, 0) is 12.1 Å². The van der Waals surface area contributed by atoms with Gasteiger partial charge in [-0.3, -0.25) is 19.0 Å². The molecule has 0 radical (unpaired) electrons. The van der Waals surface area contributed by atoms with E-state index in [9.17, 15) is 14.4 Å². The first kappa shape index (κ1) is 15.4. The van der Waals surface area contributed by atoms with E-state index in [0.29, 0.717) is 11.0 Å². The number of amides is 2. The van der Waals surface area contributed by atoms with Crippen molar-refractivity contribution in [3.8, 4) is 5.69 Å². The van der Waals surface area contributed by atoms with Crippen molar-refractivity contribution in [2.75, 3.05) is 6.54 Å². The van der Waals surface area contributed by atoms with Gasteiger partial charge in [0, 0.05) is 0 Å². The largest absolute Gasteiger partial charge is 0.368 e. The van der Waals surface area contributed by atoms with Crippen LogP contribution in [0.4, 0.5) is 0 Å². The average molecular weight is 326 g/mol. The maximum Gasteiger partial charge on any atom is 0.264 e. The third-order valence-corrected chi connectivity index (χ3v) is 3.33. The first-order chi connectivity index (χ1) is 11.6. The van der Waals surface area contributed by atoms with Gasteiger partial charge in [0.05, 0.1) is 18.4 Å². The van der Waals surface area contributed by atoms with Crippen LogP contribution in [0.5, 0.6) is 0 Å². The summed E-state index contributed by atoms with van der Waals surface area (Å²) in [5.74, 6) is -1.17. The number of fused-ring (bicyclic) bond motifs is 1. The molecule has 24 heavy (non-hydrogen) atoms. The van der Waals surface area contributed by atoms with E-state index in [1.807, 2.05) is 30.3 Å². The number of hydrogen-bond donors (Lipinski definition) is 2. The molecule has 3 rings (SSSR count). The van der Waals surface area contributed by atoms with E-state index in [4.69, 9.17) is 5.73 Å². The van der Waals surface area contributed by atoms with Gasteiger partial charge < -0.3 is 11.1 Å². The molecular weight excluding hydrogens is 312 g/mol. The zero-order valence-electron chi connectivity index (χ0n) is 12.5. The quantitative estimate of drug-likeness (QED) is 0.634. The van der Waals surface area contributed by atoms with Crippen molar-refractivity contribution < 1.29 is 9.59 Å². The smallest absolute Gasteiger partial charge is 0.264 e. The second-order valence-electron chi connectivity index (χ2n) is 5.05. The number of carbonyl (C=O) groups excluding carboxylic acids is 2. The summed E-state index contributed by atoms with van der Waals surface area (Å²) in [5, 5.41) is 6.80. The summed E-state index contributed by atoms with van der Waals surface area (Å²) in [7, 11) is 0. The molecule has 1 aromatic carbocycles. The third kappa shape index (κ3) is 3.00. The number of nitrogens with two attached hydrogens (primary N) is 1. The van der Waals surface area contributed by atoms with Gasteiger partial charge in [-0.1, -0.05) is 18.2 Å². The Labute approximate surface area is 135 Å². The minimum atomic E-state index is -0.659. The molecule has 0 atom stereocenters. The topological polar surface area (TPSA) is 125 Å². The summed E-state index contributed by atoms with van der Waals surface area (Å²) in [5.41, 5.74) is 5.74. The van der Waals surface area contributed by atoms with Crippen LogP contribution in [0.25, 0.3) is 16.7 Å². The van der Waals surface area contributed by atoms with E-state index >= 15 is 0 Å². The highest BCUT2D eigenvalue weighted by Crippen LogP contribution is 2.12. The van der Waals surface area contributed by atoms with Crippen LogP contribution in [-0.4, -0.2) is 37.7 Å². The Morgan fingerprint density at radius 3 is 2.67 bits per heavy atom. The molecule has 0 saturated carbocycles. The number of nitrogens with one attached hydrogen (secondary N) is 1. The molecule has 122 valence electrons. The van der Waals surface area contributed by atoms with Gasteiger partial charge in [0.15, 0.2) is 5.65 Å². The predicted octanol–water partition coefficient (Wildman–Crippen LogP) is -0.816. The van der Waals surface area contributed by atoms with Crippen LogP contribution in [-0.2, 0) is 16.1 Å². The van der Waals surface area contributed by atoms with E-state index in [1.165, 1.54) is 12.5 Å². The van der Waals surface area contributed by atoms with Crippen LogP contribution in [0.1, 0.15) is 0 Å². The number of carbonyl (C=O) groups is 2. The number of benzene rings is 1. The molecule has 0 bridgehead atoms. The first-order valence-corrected chi connectivity index (χ1v) is 7.10. The summed E-state index contributed by atoms with van der Waals surface area (Å²) >= 11 is 0. The summed E-state index contributed by atoms with van der Waals surface area (Å²) in [6.45, 7) is -0.541. The van der Waals surface area contributed by atoms with Crippen molar-refractivity contribution >= 4 is 22.8 Å². The van der Waals surface area contributed by atoms with E-state index in [1.54, 1.807) is 4.68 Å². The summed E-state index contributed by atoms with van der Waals surface area (Å²) in [6.07, 6.45) is 2.69. The average Bonchev–Trinajstić information content (AvgIpc) is 3.01. The van der Waals surface area contributed by atoms with Gasteiger partial charge in [-0.15, -0.1) is 0 Å². The van der Waals surface area contributed by atoms with Crippen molar-refractivity contribution in [1.29, 1.82) is 0 Å². The maximum absolute atomic E-state index is 12.4. The monoisotopic (exact) mass is 326 g/mol. The molecule has 0 unspecified atom stereocenters. The van der Waals surface area contributed by atoms with E-state index < -0.39 is 17.4 Å². The number of hydrogen-bond acceptors (Lipinski definition) is 5. The fraction of sp³-hybridized carbons (Fsp3) is 0.133. The Balaban J connectivity index is 1.91. The van der Waals surface area contributed by atoms with Crippen LogP contribution >= 0.6 is 0 Å². The number of primary amides is 1. The summed E-state index contributed by atoms with van der Waals surface area (Å²) in [6, 6.07) is 9.27. The lowest BCUT2D eigenvalue weighted by Gasteiger charge is -2.06. The molecule has 0 fully saturated rings. The number of rotatable bonds is 5. The molecule has 2 aromatic heterocycles. The zero-order valence-corrected chi connectivity index (χ0v) is 12.5. The Bertz CT molecular complexity index is 960. The lowest BCUT2D eigenvalue weighted by molar-refractivity contribution is -0.125. The van der Waals surface area contributed by atoms with Gasteiger partial charge in [-0.25, -0.2) is 9.67 Å². The minimum Gasteiger partial charge on any atom is -0.368 e. The molecule has 3 N–H and O–H groups in total. The molecule has 0 spiro atoms. The molecule has 0 aliphatic heterocycles. The molecule has 9 heteroatoms. The fourth-order valence-corrected chi connectivity index (χ4v) is 2.22. The van der Waals surface area contributed by atoms with Crippen molar-refractivity contribution in [3.63, 3.8) is 0 Å². The standard InChI is InChI=1S/C15H14N6O3/c16-12(22)7-17-13(23)8-20-9-18-14-11(15(20)24)6-19-21(14)10-4-2-1-3-5-10/h1-6,9H,7-8H2,(H2,16,22)(H,17,23). The van der Waals surface area contributed by atoms with E-state index in [2.05, 4.69) is 15.4 Å². The highest BCUT2D eigenvalue weighted by molar-refractivity contribution is 5.83. The van der Waals surface area contributed by atoms with Crippen molar-refractivity contribution in [2.24, 2.45) is 5.73 Å². The SMILES string of the molecule is NC(=O)CNC(=O)Cn1cnc2c(cnn2-c2ccccc2)c1=O. The molecule has 9 nitrogen and oxygen atoms in total. The first-order valence-electron chi connectivity index (χ1n) is 7.10. The van der Waals surface area contributed by atoms with Gasteiger partial charge in [-0.2, -0.15) is 5.10 Å². The van der Waals surface area contributed by atoms with Gasteiger partial charge in [0.25, 0.3) is 5.56 Å². The number of para-hydroxylation sites is 1.